The number of hydrogen-bond donors (Lipinski definition) is 0. The molecule has 1 atom stereocenters. The van der Waals surface area contributed by atoms with Crippen LogP contribution in [0.2, 0.25) is 0 Å². The summed E-state index contributed by atoms with van der Waals surface area (Å²) in [6.07, 6.45) is 0.926. The van der Waals surface area contributed by atoms with Crippen molar-refractivity contribution in [3.63, 3.8) is 0 Å². The summed E-state index contributed by atoms with van der Waals surface area (Å²) in [5, 5.41) is 0. The van der Waals surface area contributed by atoms with Gasteiger partial charge in [0.25, 0.3) is 5.91 Å². The maximum atomic E-state index is 10.4. The van der Waals surface area contributed by atoms with Crippen LogP contribution in [0.15, 0.2) is 12.7 Å². The molecule has 0 aliphatic carbocycles. The molecule has 0 aliphatic heterocycles. The molecule has 0 saturated carbocycles. The minimum absolute atomic E-state index is 0.549. The van der Waals surface area contributed by atoms with Gasteiger partial charge in [0.15, 0.2) is 0 Å². The van der Waals surface area contributed by atoms with Crippen molar-refractivity contribution in [3.05, 3.63) is 12.7 Å². The Morgan fingerprint density at radius 1 is 1.89 bits per heavy atom. The molecule has 0 aromatic carbocycles. The van der Waals surface area contributed by atoms with E-state index in [0.29, 0.717) is 4.31 Å². The number of likely N-dealkylation sites (N-methyl/N-ethyl adjacent to an activating group) is 1. The van der Waals surface area contributed by atoms with Crippen molar-refractivity contribution < 1.29 is 13.6 Å². The quantitative estimate of drug-likeness (QED) is 0.389. The van der Waals surface area contributed by atoms with E-state index in [2.05, 4.69) is 6.58 Å². The van der Waals surface area contributed by atoms with Crippen molar-refractivity contribution in [1.82, 2.24) is 4.31 Å². The lowest BCUT2D eigenvalue weighted by Crippen LogP contribution is -2.26. The molecule has 1 unspecified atom stereocenters. The average Bonchev–Trinajstić information content (AvgIpc) is 1.84. The van der Waals surface area contributed by atoms with Crippen LogP contribution in [0.3, 0.4) is 0 Å². The zero-order valence-corrected chi connectivity index (χ0v) is 5.68. The van der Waals surface area contributed by atoms with E-state index in [1.807, 2.05) is 0 Å². The Balaban J connectivity index is 4.03. The van der Waals surface area contributed by atoms with E-state index in [1.54, 1.807) is 0 Å². The van der Waals surface area contributed by atoms with Gasteiger partial charge in [-0.3, -0.25) is 13.3 Å². The van der Waals surface area contributed by atoms with Gasteiger partial charge in [0.2, 0.25) is 0 Å². The van der Waals surface area contributed by atoms with Crippen molar-refractivity contribution in [1.29, 1.82) is 0 Å². The predicted molar refractivity (Wildman–Crippen MR) is 31.9 cm³/mol. The first-order valence-electron chi connectivity index (χ1n) is 2.09. The van der Waals surface area contributed by atoms with Crippen LogP contribution in [0.1, 0.15) is 0 Å². The number of nitrogens with zero attached hydrogens (tertiary/aromatic N) is 1. The van der Waals surface area contributed by atoms with Gasteiger partial charge in [-0.2, -0.15) is 0 Å². The van der Waals surface area contributed by atoms with Gasteiger partial charge in [-0.05, 0) is 6.08 Å². The molecule has 1 amide bonds. The first-order valence-corrected chi connectivity index (χ1v) is 3.12. The maximum Gasteiger partial charge on any atom is 0.256 e. The van der Waals surface area contributed by atoms with Gasteiger partial charge in [-0.1, -0.05) is 6.58 Å². The van der Waals surface area contributed by atoms with Crippen LogP contribution in [0.25, 0.3) is 0 Å². The molecule has 0 aliphatic rings. The van der Waals surface area contributed by atoms with Crippen molar-refractivity contribution in [2.75, 3.05) is 7.05 Å². The first-order chi connectivity index (χ1) is 4.09. The minimum atomic E-state index is -2.48. The molecule has 0 rings (SSSR count). The molecule has 0 aromatic heterocycles. The zero-order chi connectivity index (χ0) is 7.44. The summed E-state index contributed by atoms with van der Waals surface area (Å²) >= 11 is -2.48. The molecule has 4 nitrogen and oxygen atoms in total. The molecule has 9 heavy (non-hydrogen) atoms. The van der Waals surface area contributed by atoms with E-state index < -0.39 is 17.2 Å². The van der Waals surface area contributed by atoms with Crippen molar-refractivity contribution in [2.45, 2.75) is 0 Å². The van der Waals surface area contributed by atoms with Crippen LogP contribution in [0.5, 0.6) is 0 Å². The van der Waals surface area contributed by atoms with E-state index in [-0.39, 0.29) is 0 Å². The van der Waals surface area contributed by atoms with E-state index in [9.17, 15) is 13.6 Å². The lowest BCUT2D eigenvalue weighted by Gasteiger charge is -2.16. The second-order valence-electron chi connectivity index (χ2n) is 1.26. The lowest BCUT2D eigenvalue weighted by atomic mass is 10.6. The summed E-state index contributed by atoms with van der Waals surface area (Å²) in [5.74, 6) is -0.636. The summed E-state index contributed by atoms with van der Waals surface area (Å²) < 4.78 is 20.5. The molecule has 0 saturated heterocycles. The van der Waals surface area contributed by atoms with Crippen LogP contribution < -0.4 is 0 Å². The SMILES string of the molecule is C=CC(=O)N(C)S(=O)[O-]. The summed E-state index contributed by atoms with van der Waals surface area (Å²) in [5.41, 5.74) is 0. The molecule has 0 heterocycles. The highest BCUT2D eigenvalue weighted by molar-refractivity contribution is 7.77. The predicted octanol–water partition coefficient (Wildman–Crippen LogP) is -0.575. The lowest BCUT2D eigenvalue weighted by molar-refractivity contribution is -0.120. The number of amides is 1. The number of carbonyl (C=O) groups is 1. The van der Waals surface area contributed by atoms with Crippen LogP contribution >= 0.6 is 0 Å². The van der Waals surface area contributed by atoms with Crippen molar-refractivity contribution >= 4 is 17.2 Å². The zero-order valence-electron chi connectivity index (χ0n) is 4.86. The topological polar surface area (TPSA) is 60.4 Å². The van der Waals surface area contributed by atoms with Gasteiger partial charge >= 0.3 is 0 Å². The molecule has 0 N–H and O–H groups in total. The highest BCUT2D eigenvalue weighted by Crippen LogP contribution is 1.86. The minimum Gasteiger partial charge on any atom is -0.755 e. The molecule has 0 fully saturated rings. The highest BCUT2D eigenvalue weighted by atomic mass is 32.2. The number of rotatable bonds is 2. The first kappa shape index (κ1) is 8.32. The molecule has 0 spiro atoms. The molecule has 0 bridgehead atoms. The van der Waals surface area contributed by atoms with E-state index in [4.69, 9.17) is 0 Å². The van der Waals surface area contributed by atoms with Gasteiger partial charge in [0.1, 0.15) is 0 Å². The van der Waals surface area contributed by atoms with E-state index in [1.165, 1.54) is 0 Å². The smallest absolute Gasteiger partial charge is 0.256 e. The normalized spacial score (nSPS) is 12.2. The van der Waals surface area contributed by atoms with Crippen molar-refractivity contribution in [3.8, 4) is 0 Å². The Hall–Kier alpha value is -0.680. The number of carbonyl (C=O) groups excluding carboxylic acids is 1. The summed E-state index contributed by atoms with van der Waals surface area (Å²) in [7, 11) is 1.15. The average molecular weight is 148 g/mol. The second-order valence-corrected chi connectivity index (χ2v) is 2.24. The third kappa shape index (κ3) is 2.39. The highest BCUT2D eigenvalue weighted by Gasteiger charge is 2.01. The maximum absolute atomic E-state index is 10.4. The molecule has 5 heteroatoms. The molecule has 52 valence electrons. The van der Waals surface area contributed by atoms with Crippen LogP contribution in [0, 0.1) is 0 Å². The molecular formula is C4H6NO3S-. The molecule has 0 radical (unpaired) electrons. The van der Waals surface area contributed by atoms with Crippen LogP contribution in [-0.2, 0) is 16.1 Å². The summed E-state index contributed by atoms with van der Waals surface area (Å²) in [6, 6.07) is 0. The van der Waals surface area contributed by atoms with Crippen LogP contribution in [0.4, 0.5) is 0 Å². The van der Waals surface area contributed by atoms with Gasteiger partial charge in [-0.15, -0.1) is 0 Å². The Bertz CT molecular complexity index is 156. The second kappa shape index (κ2) is 3.37. The largest absolute Gasteiger partial charge is 0.755 e. The van der Waals surface area contributed by atoms with Gasteiger partial charge in [-0.25, -0.2) is 0 Å². The van der Waals surface area contributed by atoms with Gasteiger partial charge in [0, 0.05) is 18.3 Å². The number of hydrogen-bond acceptors (Lipinski definition) is 3. The fourth-order valence-electron chi connectivity index (χ4n) is 0.202. The molecular weight excluding hydrogens is 142 g/mol. The summed E-state index contributed by atoms with van der Waals surface area (Å²) in [6.45, 7) is 3.10. The third-order valence-corrected chi connectivity index (χ3v) is 1.34. The Morgan fingerprint density at radius 2 is 2.33 bits per heavy atom. The molecule has 0 aromatic rings. The summed E-state index contributed by atoms with van der Waals surface area (Å²) in [4.78, 5) is 10.4. The van der Waals surface area contributed by atoms with E-state index >= 15 is 0 Å². The van der Waals surface area contributed by atoms with Gasteiger partial charge in [0.05, 0.1) is 0 Å². The Kier molecular flexibility index (Phi) is 3.11. The third-order valence-electron chi connectivity index (χ3n) is 0.709. The Morgan fingerprint density at radius 3 is 2.44 bits per heavy atom. The fraction of sp³-hybridized carbons (Fsp3) is 0.250. The fourth-order valence-corrected chi connectivity index (χ4v) is 0.423. The Labute approximate surface area is 55.6 Å². The van der Waals surface area contributed by atoms with Crippen molar-refractivity contribution in [2.24, 2.45) is 0 Å². The monoisotopic (exact) mass is 148 g/mol. The van der Waals surface area contributed by atoms with Crippen LogP contribution in [-0.4, -0.2) is 26.0 Å². The van der Waals surface area contributed by atoms with Gasteiger partial charge < -0.3 is 4.55 Å². The van der Waals surface area contributed by atoms with E-state index in [0.717, 1.165) is 13.1 Å². The standard InChI is InChI=1S/C4H7NO3S/c1-3-4(6)5(2)9(7)8/h3H,1H2,2H3,(H,7,8)/p-1.